The smallest absolute Gasteiger partial charge is 0.414 e. The molecule has 0 unspecified atom stereocenters. The van der Waals surface area contributed by atoms with Crippen molar-refractivity contribution in [1.82, 2.24) is 4.90 Å². The van der Waals surface area contributed by atoms with Crippen LogP contribution in [0.15, 0.2) is 42.5 Å². The van der Waals surface area contributed by atoms with Crippen molar-refractivity contribution in [2.45, 2.75) is 25.7 Å². The van der Waals surface area contributed by atoms with E-state index in [2.05, 4.69) is 30.0 Å². The number of ether oxygens (including phenoxy) is 1. The van der Waals surface area contributed by atoms with Crippen molar-refractivity contribution in [2.75, 3.05) is 49.1 Å². The molecule has 6 nitrogen and oxygen atoms in total. The second-order valence-corrected chi connectivity index (χ2v) is 8.43. The van der Waals surface area contributed by atoms with Gasteiger partial charge in [-0.3, -0.25) is 9.69 Å². The van der Waals surface area contributed by atoms with Crippen LogP contribution in [0.1, 0.15) is 40.2 Å². The van der Waals surface area contributed by atoms with Crippen LogP contribution in [-0.4, -0.2) is 56.2 Å². The predicted molar refractivity (Wildman–Crippen MR) is 116 cm³/mol. The molecule has 2 aromatic carbocycles. The first-order chi connectivity index (χ1) is 14.6. The highest BCUT2D eigenvalue weighted by atomic mass is 16.6. The van der Waals surface area contributed by atoms with E-state index in [0.29, 0.717) is 24.6 Å². The molecule has 1 saturated carbocycles. The summed E-state index contributed by atoms with van der Waals surface area (Å²) < 4.78 is 4.98. The molecule has 0 atom stereocenters. The molecular weight excluding hydrogens is 378 g/mol. The average molecular weight is 405 g/mol. The largest absolute Gasteiger partial charge is 0.447 e. The van der Waals surface area contributed by atoms with E-state index in [9.17, 15) is 9.59 Å². The predicted octanol–water partition coefficient (Wildman–Crippen LogP) is 3.79. The van der Waals surface area contributed by atoms with Crippen LogP contribution in [0.4, 0.5) is 16.2 Å². The Labute approximate surface area is 177 Å². The molecule has 2 heterocycles. The zero-order valence-corrected chi connectivity index (χ0v) is 17.3. The summed E-state index contributed by atoms with van der Waals surface area (Å²) in [5.41, 5.74) is 5.57. The van der Waals surface area contributed by atoms with Gasteiger partial charge in [0.15, 0.2) is 0 Å². The summed E-state index contributed by atoms with van der Waals surface area (Å²) in [4.78, 5) is 30.6. The molecule has 5 rings (SSSR count). The quantitative estimate of drug-likeness (QED) is 0.777. The van der Waals surface area contributed by atoms with Gasteiger partial charge in [-0.25, -0.2) is 4.79 Å². The number of aryl methyl sites for hydroxylation is 1. The van der Waals surface area contributed by atoms with Gasteiger partial charge in [0.2, 0.25) is 0 Å². The number of nitrogens with zero attached hydrogens (tertiary/aromatic N) is 3. The number of amides is 2. The molecule has 2 aliphatic heterocycles. The summed E-state index contributed by atoms with van der Waals surface area (Å²) in [6, 6.07) is 14.0. The van der Waals surface area contributed by atoms with Gasteiger partial charge in [0.25, 0.3) is 5.91 Å². The highest BCUT2D eigenvalue weighted by molar-refractivity contribution is 5.96. The summed E-state index contributed by atoms with van der Waals surface area (Å²) in [6.45, 7) is 6.26. The van der Waals surface area contributed by atoms with E-state index in [1.165, 1.54) is 29.7 Å². The molecular formula is C24H27N3O3. The van der Waals surface area contributed by atoms with Crippen LogP contribution in [0, 0.1) is 6.92 Å². The Hall–Kier alpha value is -3.02. The molecule has 0 N–H and O–H groups in total. The Morgan fingerprint density at radius 1 is 0.967 bits per heavy atom. The van der Waals surface area contributed by atoms with Gasteiger partial charge in [-0.05, 0) is 61.6 Å². The van der Waals surface area contributed by atoms with E-state index < -0.39 is 0 Å². The molecule has 156 valence electrons. The Kier molecular flexibility index (Phi) is 4.85. The van der Waals surface area contributed by atoms with Gasteiger partial charge in [0.05, 0.1) is 6.54 Å². The SMILES string of the molecule is Cc1ccc(N2CCN(C(=O)c3ccc(N4CCOC4=O)cc3)CC2)c(C2CC2)c1. The number of cyclic esters (lactones) is 1. The highest BCUT2D eigenvalue weighted by Gasteiger charge is 2.30. The summed E-state index contributed by atoms with van der Waals surface area (Å²) in [6.07, 6.45) is 2.26. The molecule has 3 fully saturated rings. The topological polar surface area (TPSA) is 53.1 Å². The van der Waals surface area contributed by atoms with Crippen LogP contribution in [-0.2, 0) is 4.74 Å². The van der Waals surface area contributed by atoms with Crippen molar-refractivity contribution in [3.8, 4) is 0 Å². The number of hydrogen-bond acceptors (Lipinski definition) is 4. The van der Waals surface area contributed by atoms with Crippen LogP contribution < -0.4 is 9.80 Å². The molecule has 6 heteroatoms. The first-order valence-electron chi connectivity index (χ1n) is 10.8. The first kappa shape index (κ1) is 19.0. The number of anilines is 2. The minimum atomic E-state index is -0.327. The minimum absolute atomic E-state index is 0.0523. The molecule has 2 amide bonds. The number of rotatable bonds is 4. The average Bonchev–Trinajstić information content (AvgIpc) is 3.54. The maximum absolute atomic E-state index is 13.0. The molecule has 0 radical (unpaired) electrons. The van der Waals surface area contributed by atoms with E-state index in [4.69, 9.17) is 4.74 Å². The number of piperazine rings is 1. The molecule has 30 heavy (non-hydrogen) atoms. The molecule has 0 aromatic heterocycles. The molecule has 3 aliphatic rings. The zero-order chi connectivity index (χ0) is 20.7. The van der Waals surface area contributed by atoms with Crippen LogP contribution in [0.2, 0.25) is 0 Å². The summed E-state index contributed by atoms with van der Waals surface area (Å²) in [5, 5.41) is 0. The van der Waals surface area contributed by atoms with Crippen molar-refractivity contribution in [3.05, 3.63) is 59.2 Å². The fraction of sp³-hybridized carbons (Fsp3) is 0.417. The van der Waals surface area contributed by atoms with Crippen LogP contribution in [0.5, 0.6) is 0 Å². The van der Waals surface area contributed by atoms with Crippen LogP contribution in [0.3, 0.4) is 0 Å². The third-order valence-electron chi connectivity index (χ3n) is 6.29. The maximum Gasteiger partial charge on any atom is 0.414 e. The Balaban J connectivity index is 1.24. The number of hydrogen-bond donors (Lipinski definition) is 0. The van der Waals surface area contributed by atoms with Crippen molar-refractivity contribution in [2.24, 2.45) is 0 Å². The molecule has 2 aromatic rings. The van der Waals surface area contributed by atoms with E-state index in [1.54, 1.807) is 17.0 Å². The van der Waals surface area contributed by atoms with Gasteiger partial charge in [-0.1, -0.05) is 17.7 Å². The van der Waals surface area contributed by atoms with Crippen LogP contribution in [0.25, 0.3) is 0 Å². The third-order valence-corrected chi connectivity index (χ3v) is 6.29. The van der Waals surface area contributed by atoms with Gasteiger partial charge in [-0.15, -0.1) is 0 Å². The second kappa shape index (κ2) is 7.67. The lowest BCUT2D eigenvalue weighted by molar-refractivity contribution is 0.0746. The van der Waals surface area contributed by atoms with E-state index in [0.717, 1.165) is 31.9 Å². The van der Waals surface area contributed by atoms with Crippen molar-refractivity contribution in [3.63, 3.8) is 0 Å². The first-order valence-corrected chi connectivity index (χ1v) is 10.8. The van der Waals surface area contributed by atoms with Crippen molar-refractivity contribution >= 4 is 23.4 Å². The van der Waals surface area contributed by atoms with Gasteiger partial charge >= 0.3 is 6.09 Å². The van der Waals surface area contributed by atoms with Gasteiger partial charge < -0.3 is 14.5 Å². The Morgan fingerprint density at radius 2 is 1.70 bits per heavy atom. The lowest BCUT2D eigenvalue weighted by Gasteiger charge is -2.37. The zero-order valence-electron chi connectivity index (χ0n) is 17.3. The van der Waals surface area contributed by atoms with Gasteiger partial charge in [-0.2, -0.15) is 0 Å². The summed E-state index contributed by atoms with van der Waals surface area (Å²) in [5.74, 6) is 0.766. The lowest BCUT2D eigenvalue weighted by atomic mass is 10.0. The van der Waals surface area contributed by atoms with Crippen LogP contribution >= 0.6 is 0 Å². The van der Waals surface area contributed by atoms with E-state index in [-0.39, 0.29) is 12.0 Å². The maximum atomic E-state index is 13.0. The fourth-order valence-corrected chi connectivity index (χ4v) is 4.43. The van der Waals surface area contributed by atoms with Crippen molar-refractivity contribution < 1.29 is 14.3 Å². The van der Waals surface area contributed by atoms with Crippen molar-refractivity contribution in [1.29, 1.82) is 0 Å². The molecule has 0 bridgehead atoms. The normalized spacial score (nSPS) is 19.2. The fourth-order valence-electron chi connectivity index (χ4n) is 4.43. The van der Waals surface area contributed by atoms with Gasteiger partial charge in [0.1, 0.15) is 6.61 Å². The Bertz CT molecular complexity index is 960. The molecule has 0 spiro atoms. The summed E-state index contributed by atoms with van der Waals surface area (Å²) >= 11 is 0. The molecule has 1 aliphatic carbocycles. The lowest BCUT2D eigenvalue weighted by Crippen LogP contribution is -2.49. The second-order valence-electron chi connectivity index (χ2n) is 8.43. The standard InChI is InChI=1S/C24H27N3O3/c1-17-2-9-22(21(16-17)18-3-4-18)25-10-12-26(13-11-25)23(28)19-5-7-20(8-6-19)27-14-15-30-24(27)29/h2,5-9,16,18H,3-4,10-15H2,1H3. The third kappa shape index (κ3) is 3.62. The van der Waals surface area contributed by atoms with Gasteiger partial charge in [0, 0.05) is 43.1 Å². The number of benzene rings is 2. The number of carbonyl (C=O) groups excluding carboxylic acids is 2. The monoisotopic (exact) mass is 405 g/mol. The Morgan fingerprint density at radius 3 is 2.33 bits per heavy atom. The van der Waals surface area contributed by atoms with E-state index >= 15 is 0 Å². The minimum Gasteiger partial charge on any atom is -0.447 e. The molecule has 2 saturated heterocycles. The number of carbonyl (C=O) groups is 2. The summed E-state index contributed by atoms with van der Waals surface area (Å²) in [7, 11) is 0. The highest BCUT2D eigenvalue weighted by Crippen LogP contribution is 2.44. The van der Waals surface area contributed by atoms with E-state index in [1.807, 2.05) is 17.0 Å².